The molecular formula is C27H36N6O2. The third kappa shape index (κ3) is 8.71. The molecule has 8 nitrogen and oxygen atoms in total. The van der Waals surface area contributed by atoms with Gasteiger partial charge in [-0.3, -0.25) is 10.2 Å². The summed E-state index contributed by atoms with van der Waals surface area (Å²) in [4.78, 5) is 19.2. The Hall–Kier alpha value is -3.41. The highest BCUT2D eigenvalue weighted by molar-refractivity contribution is 5.96. The number of rotatable bonds is 9. The molecule has 0 atom stereocenters. The average Bonchev–Trinajstić information content (AvgIpc) is 2.84. The van der Waals surface area contributed by atoms with E-state index >= 15 is 0 Å². The van der Waals surface area contributed by atoms with Gasteiger partial charge in [0.25, 0.3) is 0 Å². The fraction of sp³-hybridized carbons (Fsp3) is 0.444. The molecule has 0 bridgehead atoms. The Morgan fingerprint density at radius 3 is 2.57 bits per heavy atom. The molecular weight excluding hydrogens is 440 g/mol. The van der Waals surface area contributed by atoms with Crippen LogP contribution in [-0.2, 0) is 6.54 Å². The summed E-state index contributed by atoms with van der Waals surface area (Å²) >= 11 is 0. The number of amides is 2. The third-order valence-corrected chi connectivity index (χ3v) is 6.07. The summed E-state index contributed by atoms with van der Waals surface area (Å²) in [5, 5.41) is 27.6. The van der Waals surface area contributed by atoms with Crippen molar-refractivity contribution in [2.75, 3.05) is 24.2 Å². The molecule has 0 aromatic heterocycles. The Morgan fingerprint density at radius 1 is 1.20 bits per heavy atom. The van der Waals surface area contributed by atoms with Crippen molar-refractivity contribution in [3.63, 3.8) is 0 Å². The third-order valence-electron chi connectivity index (χ3n) is 6.07. The zero-order valence-corrected chi connectivity index (χ0v) is 20.8. The number of aliphatic hydroxyl groups is 1. The number of hydrogen-bond acceptors (Lipinski definition) is 6. The molecule has 1 fully saturated rings. The molecule has 2 aromatic rings. The van der Waals surface area contributed by atoms with Crippen molar-refractivity contribution in [3.05, 3.63) is 53.6 Å². The van der Waals surface area contributed by atoms with Gasteiger partial charge in [-0.2, -0.15) is 5.26 Å². The number of nitriles is 1. The van der Waals surface area contributed by atoms with Gasteiger partial charge in [-0.05, 0) is 75.7 Å². The highest BCUT2D eigenvalue weighted by Gasteiger charge is 2.19. The van der Waals surface area contributed by atoms with Gasteiger partial charge < -0.3 is 15.7 Å². The molecule has 1 aliphatic carbocycles. The second-order valence-electron chi connectivity index (χ2n) is 9.77. The van der Waals surface area contributed by atoms with Gasteiger partial charge in [-0.15, -0.1) is 0 Å². The molecule has 186 valence electrons. The van der Waals surface area contributed by atoms with Gasteiger partial charge in [0.05, 0.1) is 34.9 Å². The van der Waals surface area contributed by atoms with Crippen LogP contribution in [0.4, 0.5) is 21.9 Å². The van der Waals surface area contributed by atoms with Crippen LogP contribution in [-0.4, -0.2) is 47.6 Å². The monoisotopic (exact) mass is 476 g/mol. The number of carbonyl (C=O) groups is 1. The lowest BCUT2D eigenvalue weighted by Crippen LogP contribution is -2.32. The minimum absolute atomic E-state index is 0.365. The molecule has 3 rings (SSSR count). The second kappa shape index (κ2) is 12.3. The zero-order valence-electron chi connectivity index (χ0n) is 20.8. The fourth-order valence-electron chi connectivity index (χ4n) is 4.14. The van der Waals surface area contributed by atoms with Crippen molar-refractivity contribution in [2.24, 2.45) is 4.99 Å². The lowest BCUT2D eigenvalue weighted by Gasteiger charge is -2.31. The summed E-state index contributed by atoms with van der Waals surface area (Å²) in [5.41, 5.74) is 2.83. The van der Waals surface area contributed by atoms with Gasteiger partial charge >= 0.3 is 6.03 Å². The average molecular weight is 477 g/mol. The maximum atomic E-state index is 12.3. The molecule has 0 radical (unpaired) electrons. The fourth-order valence-corrected chi connectivity index (χ4v) is 4.14. The van der Waals surface area contributed by atoms with Crippen LogP contribution < -0.4 is 16.0 Å². The van der Waals surface area contributed by atoms with Crippen LogP contribution in [0.1, 0.15) is 57.1 Å². The van der Waals surface area contributed by atoms with Crippen molar-refractivity contribution in [1.82, 2.24) is 10.2 Å². The van der Waals surface area contributed by atoms with Gasteiger partial charge in [-0.25, -0.2) is 9.79 Å². The zero-order chi connectivity index (χ0) is 25.3. The number of nitrogens with zero attached hydrogens (tertiary/aromatic N) is 3. The van der Waals surface area contributed by atoms with E-state index in [2.05, 4.69) is 39.0 Å². The van der Waals surface area contributed by atoms with Gasteiger partial charge in [-0.1, -0.05) is 25.3 Å². The first kappa shape index (κ1) is 26.2. The van der Waals surface area contributed by atoms with Crippen molar-refractivity contribution in [2.45, 2.75) is 64.1 Å². The van der Waals surface area contributed by atoms with E-state index in [1.54, 1.807) is 38.1 Å². The number of anilines is 2. The quantitative estimate of drug-likeness (QED) is 0.301. The minimum atomic E-state index is -0.875. The van der Waals surface area contributed by atoms with Gasteiger partial charge in [0.15, 0.2) is 0 Å². The molecule has 0 unspecified atom stereocenters. The number of benzene rings is 2. The highest BCUT2D eigenvalue weighted by Crippen LogP contribution is 2.29. The SMILES string of the molecule is CN(Cc1ccc(NCC(C)(C)O)c(N=CNC(=O)Nc2ccc(C#N)cc2)c1)C1CCCCC1. The van der Waals surface area contributed by atoms with Crippen LogP contribution in [0.3, 0.4) is 0 Å². The molecule has 2 amide bonds. The summed E-state index contributed by atoms with van der Waals surface area (Å²) in [7, 11) is 2.18. The molecule has 0 aliphatic heterocycles. The van der Waals surface area contributed by atoms with E-state index in [1.165, 1.54) is 38.4 Å². The molecule has 0 spiro atoms. The molecule has 0 saturated heterocycles. The van der Waals surface area contributed by atoms with Crippen LogP contribution in [0.5, 0.6) is 0 Å². The maximum Gasteiger partial charge on any atom is 0.324 e. The minimum Gasteiger partial charge on any atom is -0.389 e. The van der Waals surface area contributed by atoms with Crippen molar-refractivity contribution in [1.29, 1.82) is 5.26 Å². The molecule has 4 N–H and O–H groups in total. The smallest absolute Gasteiger partial charge is 0.324 e. The first-order chi connectivity index (χ1) is 16.7. The largest absolute Gasteiger partial charge is 0.389 e. The first-order valence-corrected chi connectivity index (χ1v) is 12.1. The Labute approximate surface area is 208 Å². The molecule has 1 saturated carbocycles. The number of aliphatic imine (C=N–C) groups is 1. The van der Waals surface area contributed by atoms with E-state index < -0.39 is 11.6 Å². The normalized spacial score (nSPS) is 14.6. The predicted molar refractivity (Wildman–Crippen MR) is 141 cm³/mol. The summed E-state index contributed by atoms with van der Waals surface area (Å²) in [6.07, 6.45) is 7.76. The van der Waals surface area contributed by atoms with Crippen LogP contribution in [0.25, 0.3) is 0 Å². The van der Waals surface area contributed by atoms with Crippen molar-refractivity contribution >= 4 is 29.4 Å². The van der Waals surface area contributed by atoms with E-state index in [1.807, 2.05) is 18.2 Å². The molecule has 35 heavy (non-hydrogen) atoms. The molecule has 1 aliphatic rings. The molecule has 0 heterocycles. The Morgan fingerprint density at radius 2 is 1.91 bits per heavy atom. The Kier molecular flexibility index (Phi) is 9.24. The number of nitrogens with one attached hydrogen (secondary N) is 3. The molecule has 2 aromatic carbocycles. The van der Waals surface area contributed by atoms with E-state index in [9.17, 15) is 9.90 Å². The lowest BCUT2D eigenvalue weighted by molar-refractivity contribution is 0.0945. The maximum absolute atomic E-state index is 12.3. The number of carbonyl (C=O) groups excluding carboxylic acids is 1. The van der Waals surface area contributed by atoms with E-state index in [0.29, 0.717) is 29.5 Å². The van der Waals surface area contributed by atoms with Crippen molar-refractivity contribution < 1.29 is 9.90 Å². The van der Waals surface area contributed by atoms with Crippen LogP contribution in [0.2, 0.25) is 0 Å². The summed E-state index contributed by atoms with van der Waals surface area (Å²) in [5.74, 6) is 0. The van der Waals surface area contributed by atoms with Gasteiger partial charge in [0, 0.05) is 24.8 Å². The van der Waals surface area contributed by atoms with Crippen LogP contribution in [0.15, 0.2) is 47.5 Å². The lowest BCUT2D eigenvalue weighted by atomic mass is 9.94. The summed E-state index contributed by atoms with van der Waals surface area (Å²) in [6, 6.07) is 14.9. The van der Waals surface area contributed by atoms with Crippen molar-refractivity contribution in [3.8, 4) is 6.07 Å². The Bertz CT molecular complexity index is 1050. The standard InChI is InChI=1S/C27H36N6O2/c1-27(2,35)18-29-24-14-11-21(17-33(3)23-7-5-4-6-8-23)15-25(24)30-19-31-26(34)32-22-12-9-20(16-28)10-13-22/h9-15,19,23,29,35H,4-8,17-18H2,1-3H3,(H2,30,31,32,34). The highest BCUT2D eigenvalue weighted by atomic mass is 16.3. The first-order valence-electron chi connectivity index (χ1n) is 12.1. The summed E-state index contributed by atoms with van der Waals surface area (Å²) in [6.45, 7) is 4.67. The second-order valence-corrected chi connectivity index (χ2v) is 9.77. The van der Waals surface area contributed by atoms with E-state index in [-0.39, 0.29) is 0 Å². The number of hydrogen-bond donors (Lipinski definition) is 4. The number of urea groups is 1. The molecule has 8 heteroatoms. The van der Waals surface area contributed by atoms with E-state index in [0.717, 1.165) is 17.8 Å². The Balaban J connectivity index is 1.68. The summed E-state index contributed by atoms with van der Waals surface area (Å²) < 4.78 is 0. The van der Waals surface area contributed by atoms with Crippen LogP contribution in [0, 0.1) is 11.3 Å². The van der Waals surface area contributed by atoms with Gasteiger partial charge in [0.2, 0.25) is 0 Å². The van der Waals surface area contributed by atoms with Gasteiger partial charge in [0.1, 0.15) is 0 Å². The van der Waals surface area contributed by atoms with Crippen LogP contribution >= 0.6 is 0 Å². The topological polar surface area (TPSA) is 113 Å². The van der Waals surface area contributed by atoms with E-state index in [4.69, 9.17) is 5.26 Å². The predicted octanol–water partition coefficient (Wildman–Crippen LogP) is 4.99.